The Morgan fingerprint density at radius 2 is 2.00 bits per heavy atom. The van der Waals surface area contributed by atoms with Crippen molar-refractivity contribution in [2.24, 2.45) is 5.73 Å². The Kier molecular flexibility index (Phi) is 4.70. The highest BCUT2D eigenvalue weighted by Crippen LogP contribution is 2.08. The molecule has 1 amide bonds. The van der Waals surface area contributed by atoms with Crippen LogP contribution in [0.2, 0.25) is 0 Å². The number of amides is 1. The Labute approximate surface area is 128 Å². The van der Waals surface area contributed by atoms with E-state index in [9.17, 15) is 4.79 Å². The fourth-order valence-electron chi connectivity index (χ4n) is 1.82. The first kappa shape index (κ1) is 15.2. The van der Waals surface area contributed by atoms with Gasteiger partial charge in [0.05, 0.1) is 18.7 Å². The molecule has 0 radical (unpaired) electrons. The second-order valence-electron chi connectivity index (χ2n) is 4.76. The first-order valence-corrected chi connectivity index (χ1v) is 6.95. The Morgan fingerprint density at radius 3 is 2.52 bits per heavy atom. The lowest BCUT2D eigenvalue weighted by Gasteiger charge is -2.04. The van der Waals surface area contributed by atoms with Crippen LogP contribution in [0.25, 0.3) is 0 Å². The van der Waals surface area contributed by atoms with Gasteiger partial charge < -0.3 is 15.5 Å². The lowest BCUT2D eigenvalue weighted by atomic mass is 10.1. The number of hydrogen-bond acceptors (Lipinski definition) is 4. The van der Waals surface area contributed by atoms with E-state index in [0.717, 1.165) is 22.6 Å². The Balaban J connectivity index is 1.88. The lowest BCUT2D eigenvalue weighted by Crippen LogP contribution is -2.24. The largest absolute Gasteiger partial charge is 0.444 e. The molecule has 3 N–H and O–H groups in total. The smallest absolute Gasteiger partial charge is 0.224 e. The number of carbonyl (C=O) groups excluding carboxylic acids is 1. The van der Waals surface area contributed by atoms with Crippen molar-refractivity contribution in [1.82, 2.24) is 10.3 Å². The van der Waals surface area contributed by atoms with E-state index >= 15 is 0 Å². The zero-order valence-electron chi connectivity index (χ0n) is 12.0. The van der Waals surface area contributed by atoms with Crippen LogP contribution in [0.3, 0.4) is 0 Å². The van der Waals surface area contributed by atoms with Crippen LogP contribution in [0, 0.1) is 13.8 Å². The lowest BCUT2D eigenvalue weighted by molar-refractivity contribution is -0.120. The second-order valence-corrected chi connectivity index (χ2v) is 5.20. The van der Waals surface area contributed by atoms with Crippen LogP contribution >= 0.6 is 12.2 Å². The minimum absolute atomic E-state index is 0.0911. The van der Waals surface area contributed by atoms with Crippen LogP contribution in [0.1, 0.15) is 28.5 Å². The molecule has 0 aliphatic rings. The molecule has 0 aliphatic carbocycles. The summed E-state index contributed by atoms with van der Waals surface area (Å²) in [5.41, 5.74) is 8.05. The van der Waals surface area contributed by atoms with E-state index < -0.39 is 0 Å². The van der Waals surface area contributed by atoms with Crippen molar-refractivity contribution in [2.45, 2.75) is 26.8 Å². The SMILES string of the molecule is Cc1nc(CNC(=O)Cc2ccc(C(N)=S)cc2)oc1C. The van der Waals surface area contributed by atoms with Gasteiger partial charge in [-0.05, 0) is 19.4 Å². The molecular formula is C15H17N3O2S. The van der Waals surface area contributed by atoms with Gasteiger partial charge in [-0.1, -0.05) is 36.5 Å². The number of rotatable bonds is 5. The van der Waals surface area contributed by atoms with Gasteiger partial charge >= 0.3 is 0 Å². The summed E-state index contributed by atoms with van der Waals surface area (Å²) < 4.78 is 5.40. The Bertz CT molecular complexity index is 643. The maximum atomic E-state index is 11.9. The zero-order valence-corrected chi connectivity index (χ0v) is 12.8. The molecule has 0 atom stereocenters. The van der Waals surface area contributed by atoms with Gasteiger partial charge in [0.25, 0.3) is 0 Å². The number of nitrogens with zero attached hydrogens (tertiary/aromatic N) is 1. The third kappa shape index (κ3) is 4.13. The monoisotopic (exact) mass is 303 g/mol. The third-order valence-electron chi connectivity index (χ3n) is 3.11. The van der Waals surface area contributed by atoms with Crippen molar-refractivity contribution in [1.29, 1.82) is 0 Å². The van der Waals surface area contributed by atoms with Gasteiger partial charge in [-0.2, -0.15) is 0 Å². The molecule has 1 aromatic heterocycles. The van der Waals surface area contributed by atoms with Gasteiger partial charge in [0.2, 0.25) is 11.8 Å². The number of carbonyl (C=O) groups is 1. The number of oxazole rings is 1. The minimum Gasteiger partial charge on any atom is -0.444 e. The van der Waals surface area contributed by atoms with Crippen molar-refractivity contribution in [2.75, 3.05) is 0 Å². The van der Waals surface area contributed by atoms with Crippen LogP contribution in [0.4, 0.5) is 0 Å². The molecule has 21 heavy (non-hydrogen) atoms. The van der Waals surface area contributed by atoms with Crippen LogP contribution in [-0.2, 0) is 17.8 Å². The van der Waals surface area contributed by atoms with Gasteiger partial charge in [0.1, 0.15) is 10.7 Å². The van der Waals surface area contributed by atoms with Gasteiger partial charge in [-0.25, -0.2) is 4.98 Å². The van der Waals surface area contributed by atoms with Gasteiger partial charge in [0, 0.05) is 5.56 Å². The topological polar surface area (TPSA) is 81.2 Å². The third-order valence-corrected chi connectivity index (χ3v) is 3.35. The van der Waals surface area contributed by atoms with E-state index in [1.54, 1.807) is 0 Å². The minimum atomic E-state index is -0.0911. The maximum absolute atomic E-state index is 11.9. The number of hydrogen-bond donors (Lipinski definition) is 2. The molecular weight excluding hydrogens is 286 g/mol. The first-order chi connectivity index (χ1) is 9.95. The molecule has 2 aromatic rings. The Morgan fingerprint density at radius 1 is 1.33 bits per heavy atom. The van der Waals surface area contributed by atoms with Crippen LogP contribution < -0.4 is 11.1 Å². The predicted octanol–water partition coefficient (Wildman–Crippen LogP) is 1.78. The number of thiocarbonyl (C=S) groups is 1. The van der Waals surface area contributed by atoms with E-state index in [2.05, 4.69) is 10.3 Å². The summed E-state index contributed by atoms with van der Waals surface area (Å²) in [6.45, 7) is 4.00. The van der Waals surface area contributed by atoms with Crippen molar-refractivity contribution in [3.05, 3.63) is 52.7 Å². The summed E-state index contributed by atoms with van der Waals surface area (Å²) in [7, 11) is 0. The van der Waals surface area contributed by atoms with Crippen LogP contribution in [0.5, 0.6) is 0 Å². The Hall–Kier alpha value is -2.21. The highest BCUT2D eigenvalue weighted by atomic mass is 32.1. The summed E-state index contributed by atoms with van der Waals surface area (Å²) in [5.74, 6) is 1.20. The van der Waals surface area contributed by atoms with E-state index in [-0.39, 0.29) is 12.3 Å². The molecule has 110 valence electrons. The van der Waals surface area contributed by atoms with Crippen molar-refractivity contribution in [3.63, 3.8) is 0 Å². The summed E-state index contributed by atoms with van der Waals surface area (Å²) >= 11 is 4.88. The summed E-state index contributed by atoms with van der Waals surface area (Å²) in [6, 6.07) is 7.30. The maximum Gasteiger partial charge on any atom is 0.224 e. The summed E-state index contributed by atoms with van der Waals surface area (Å²) in [5, 5.41) is 2.78. The van der Waals surface area contributed by atoms with E-state index in [0.29, 0.717) is 17.4 Å². The van der Waals surface area contributed by atoms with E-state index in [1.165, 1.54) is 0 Å². The van der Waals surface area contributed by atoms with Gasteiger partial charge in [-0.15, -0.1) is 0 Å². The molecule has 0 aliphatic heterocycles. The second kappa shape index (κ2) is 6.49. The molecule has 2 rings (SSSR count). The zero-order chi connectivity index (χ0) is 15.4. The normalized spacial score (nSPS) is 10.4. The fourth-order valence-corrected chi connectivity index (χ4v) is 1.96. The molecule has 0 saturated heterocycles. The van der Waals surface area contributed by atoms with Gasteiger partial charge in [-0.3, -0.25) is 4.79 Å². The summed E-state index contributed by atoms with van der Waals surface area (Å²) in [4.78, 5) is 16.4. The highest BCUT2D eigenvalue weighted by molar-refractivity contribution is 7.80. The van der Waals surface area contributed by atoms with Crippen molar-refractivity contribution >= 4 is 23.1 Å². The standard InChI is InChI=1S/C15H17N3O2S/c1-9-10(2)20-14(18-9)8-17-13(19)7-11-3-5-12(6-4-11)15(16)21/h3-6H,7-8H2,1-2H3,(H2,16,21)(H,17,19). The van der Waals surface area contributed by atoms with E-state index in [4.69, 9.17) is 22.4 Å². The number of aryl methyl sites for hydroxylation is 2. The molecule has 0 unspecified atom stereocenters. The van der Waals surface area contributed by atoms with Crippen molar-refractivity contribution < 1.29 is 9.21 Å². The van der Waals surface area contributed by atoms with Crippen LogP contribution in [0.15, 0.2) is 28.7 Å². The molecule has 0 fully saturated rings. The fraction of sp³-hybridized carbons (Fsp3) is 0.267. The molecule has 5 nitrogen and oxygen atoms in total. The van der Waals surface area contributed by atoms with Crippen LogP contribution in [-0.4, -0.2) is 15.9 Å². The molecule has 1 heterocycles. The first-order valence-electron chi connectivity index (χ1n) is 6.54. The molecule has 6 heteroatoms. The number of nitrogens with two attached hydrogens (primary N) is 1. The highest BCUT2D eigenvalue weighted by Gasteiger charge is 2.08. The number of aromatic nitrogens is 1. The number of benzene rings is 1. The quantitative estimate of drug-likeness (QED) is 0.823. The van der Waals surface area contributed by atoms with Crippen molar-refractivity contribution in [3.8, 4) is 0 Å². The van der Waals surface area contributed by atoms with E-state index in [1.807, 2.05) is 38.1 Å². The summed E-state index contributed by atoms with van der Waals surface area (Å²) in [6.07, 6.45) is 0.288. The molecule has 1 aromatic carbocycles. The molecule has 0 bridgehead atoms. The average molecular weight is 303 g/mol. The van der Waals surface area contributed by atoms with Gasteiger partial charge in [0.15, 0.2) is 0 Å². The average Bonchev–Trinajstić information content (AvgIpc) is 2.76. The molecule has 0 spiro atoms. The predicted molar refractivity (Wildman–Crippen MR) is 83.9 cm³/mol. The number of nitrogens with one attached hydrogen (secondary N) is 1. The molecule has 0 saturated carbocycles.